The van der Waals surface area contributed by atoms with Crippen molar-refractivity contribution in [3.8, 4) is 0 Å². The lowest BCUT2D eigenvalue weighted by atomic mass is 10.2. The van der Waals surface area contributed by atoms with Gasteiger partial charge in [0.2, 0.25) is 0 Å². The molecule has 0 aliphatic rings. The molecule has 0 amide bonds. The van der Waals surface area contributed by atoms with E-state index in [0.29, 0.717) is 15.7 Å². The molecule has 0 bridgehead atoms. The zero-order valence-corrected chi connectivity index (χ0v) is 12.0. The lowest BCUT2D eigenvalue weighted by Crippen LogP contribution is -2.14. The summed E-state index contributed by atoms with van der Waals surface area (Å²) in [5, 5.41) is 0. The molecule has 94 valence electrons. The number of aromatic nitrogens is 1. The molecule has 1 N–H and O–H groups in total. The van der Waals surface area contributed by atoms with Gasteiger partial charge in [-0.1, -0.05) is 18.2 Å². The third-order valence-corrected chi connectivity index (χ3v) is 4.56. The van der Waals surface area contributed by atoms with Crippen LogP contribution in [-0.2, 0) is 10.0 Å². The molecule has 1 aromatic heterocycles. The van der Waals surface area contributed by atoms with Gasteiger partial charge in [-0.05, 0) is 40.5 Å². The molecule has 0 atom stereocenters. The van der Waals surface area contributed by atoms with Crippen molar-refractivity contribution in [2.45, 2.75) is 11.8 Å². The number of anilines is 1. The van der Waals surface area contributed by atoms with Crippen LogP contribution in [0.25, 0.3) is 0 Å². The summed E-state index contributed by atoms with van der Waals surface area (Å²) in [5.41, 5.74) is 1.17. The normalized spacial score (nSPS) is 11.2. The number of hydrogen-bond acceptors (Lipinski definition) is 3. The highest BCUT2D eigenvalue weighted by atomic mass is 79.9. The first-order chi connectivity index (χ1) is 8.50. The standard InChI is InChI=1S/C12H11BrN2O2S/c1-9-4-2-3-5-12(9)18(16,17)15-11-6-7-14-8-10(11)13/h2-8H,1H3,(H,14,15). The van der Waals surface area contributed by atoms with Gasteiger partial charge >= 0.3 is 0 Å². The maximum absolute atomic E-state index is 12.2. The molecule has 2 rings (SSSR count). The predicted molar refractivity (Wildman–Crippen MR) is 73.9 cm³/mol. The van der Waals surface area contributed by atoms with E-state index in [0.717, 1.165) is 0 Å². The van der Waals surface area contributed by atoms with Gasteiger partial charge in [0.05, 0.1) is 15.1 Å². The summed E-state index contributed by atoms with van der Waals surface area (Å²) in [6.45, 7) is 1.76. The molecule has 0 aliphatic heterocycles. The molecule has 0 saturated heterocycles. The van der Waals surface area contributed by atoms with E-state index in [1.807, 2.05) is 0 Å². The van der Waals surface area contributed by atoms with Crippen molar-refractivity contribution in [3.63, 3.8) is 0 Å². The number of hydrogen-bond donors (Lipinski definition) is 1. The van der Waals surface area contributed by atoms with Crippen LogP contribution in [0.4, 0.5) is 5.69 Å². The van der Waals surface area contributed by atoms with Gasteiger partial charge in [-0.2, -0.15) is 0 Å². The van der Waals surface area contributed by atoms with Gasteiger partial charge < -0.3 is 0 Å². The Balaban J connectivity index is 2.40. The van der Waals surface area contributed by atoms with Crippen LogP contribution in [0, 0.1) is 6.92 Å². The molecule has 0 unspecified atom stereocenters. The van der Waals surface area contributed by atoms with Crippen molar-refractivity contribution in [2.24, 2.45) is 0 Å². The molecule has 0 saturated carbocycles. The van der Waals surface area contributed by atoms with Crippen molar-refractivity contribution in [1.82, 2.24) is 4.98 Å². The second kappa shape index (κ2) is 5.07. The van der Waals surface area contributed by atoms with Gasteiger partial charge in [0, 0.05) is 12.4 Å². The van der Waals surface area contributed by atoms with E-state index in [9.17, 15) is 8.42 Å². The Bertz CT molecular complexity index is 671. The Kier molecular flexibility index (Phi) is 3.68. The van der Waals surface area contributed by atoms with Gasteiger partial charge in [-0.25, -0.2) is 8.42 Å². The number of benzene rings is 1. The zero-order valence-electron chi connectivity index (χ0n) is 9.59. The van der Waals surface area contributed by atoms with Crippen LogP contribution in [0.2, 0.25) is 0 Å². The monoisotopic (exact) mass is 326 g/mol. The highest BCUT2D eigenvalue weighted by molar-refractivity contribution is 9.10. The third-order valence-electron chi connectivity index (χ3n) is 2.40. The molecular formula is C12H11BrN2O2S. The second-order valence-corrected chi connectivity index (χ2v) is 6.23. The molecule has 0 radical (unpaired) electrons. The van der Waals surface area contributed by atoms with Crippen molar-refractivity contribution in [2.75, 3.05) is 4.72 Å². The second-order valence-electron chi connectivity index (χ2n) is 3.73. The number of halogens is 1. The van der Waals surface area contributed by atoms with Crippen LogP contribution in [0.3, 0.4) is 0 Å². The number of pyridine rings is 1. The average Bonchev–Trinajstić information content (AvgIpc) is 2.32. The van der Waals surface area contributed by atoms with Crippen LogP contribution in [0.15, 0.2) is 52.1 Å². The summed E-state index contributed by atoms with van der Waals surface area (Å²) in [7, 11) is -3.57. The number of sulfonamides is 1. The third kappa shape index (κ3) is 2.70. The summed E-state index contributed by atoms with van der Waals surface area (Å²) in [5.74, 6) is 0. The Labute approximate surface area is 114 Å². The van der Waals surface area contributed by atoms with Gasteiger partial charge in [0.15, 0.2) is 0 Å². The molecule has 6 heteroatoms. The van der Waals surface area contributed by atoms with Crippen molar-refractivity contribution in [1.29, 1.82) is 0 Å². The largest absolute Gasteiger partial charge is 0.278 e. The van der Waals surface area contributed by atoms with Gasteiger partial charge in [0.25, 0.3) is 10.0 Å². The number of nitrogens with zero attached hydrogens (tertiary/aromatic N) is 1. The van der Waals surface area contributed by atoms with Gasteiger partial charge in [-0.15, -0.1) is 0 Å². The average molecular weight is 327 g/mol. The first-order valence-electron chi connectivity index (χ1n) is 5.18. The number of nitrogens with one attached hydrogen (secondary N) is 1. The molecule has 0 fully saturated rings. The van der Waals surface area contributed by atoms with Crippen molar-refractivity contribution >= 4 is 31.6 Å². The molecule has 1 heterocycles. The van der Waals surface area contributed by atoms with E-state index in [1.165, 1.54) is 12.4 Å². The lowest BCUT2D eigenvalue weighted by molar-refractivity contribution is 0.600. The Morgan fingerprint density at radius 3 is 2.61 bits per heavy atom. The lowest BCUT2D eigenvalue weighted by Gasteiger charge is -2.10. The Hall–Kier alpha value is -1.40. The molecule has 2 aromatic rings. The number of aryl methyl sites for hydroxylation is 1. The van der Waals surface area contributed by atoms with Crippen LogP contribution >= 0.6 is 15.9 Å². The zero-order chi connectivity index (χ0) is 13.2. The van der Waals surface area contributed by atoms with E-state index in [4.69, 9.17) is 0 Å². The van der Waals surface area contributed by atoms with E-state index < -0.39 is 10.0 Å². The first-order valence-corrected chi connectivity index (χ1v) is 7.46. The highest BCUT2D eigenvalue weighted by Crippen LogP contribution is 2.24. The fourth-order valence-corrected chi connectivity index (χ4v) is 3.32. The van der Waals surface area contributed by atoms with E-state index in [2.05, 4.69) is 25.6 Å². The predicted octanol–water partition coefficient (Wildman–Crippen LogP) is 2.95. The minimum atomic E-state index is -3.57. The summed E-state index contributed by atoms with van der Waals surface area (Å²) in [6, 6.07) is 8.43. The molecule has 0 spiro atoms. The maximum atomic E-state index is 12.2. The van der Waals surface area contributed by atoms with Crippen LogP contribution in [0.1, 0.15) is 5.56 Å². The van der Waals surface area contributed by atoms with E-state index in [-0.39, 0.29) is 4.90 Å². The first kappa shape index (κ1) is 13.0. The molecular weight excluding hydrogens is 316 g/mol. The van der Waals surface area contributed by atoms with Gasteiger partial charge in [-0.3, -0.25) is 9.71 Å². The SMILES string of the molecule is Cc1ccccc1S(=O)(=O)Nc1ccncc1Br. The topological polar surface area (TPSA) is 59.1 Å². The highest BCUT2D eigenvalue weighted by Gasteiger charge is 2.17. The van der Waals surface area contributed by atoms with Crippen LogP contribution in [0.5, 0.6) is 0 Å². The minimum Gasteiger partial charge on any atom is -0.278 e. The summed E-state index contributed by atoms with van der Waals surface area (Å²) in [6.07, 6.45) is 3.07. The summed E-state index contributed by atoms with van der Waals surface area (Å²) >= 11 is 3.25. The quantitative estimate of drug-likeness (QED) is 0.943. The molecule has 4 nitrogen and oxygen atoms in total. The summed E-state index contributed by atoms with van der Waals surface area (Å²) < 4.78 is 27.6. The Morgan fingerprint density at radius 1 is 1.22 bits per heavy atom. The van der Waals surface area contributed by atoms with Crippen LogP contribution in [-0.4, -0.2) is 13.4 Å². The maximum Gasteiger partial charge on any atom is 0.262 e. The number of rotatable bonds is 3. The van der Waals surface area contributed by atoms with E-state index in [1.54, 1.807) is 37.3 Å². The van der Waals surface area contributed by atoms with Crippen molar-refractivity contribution < 1.29 is 8.42 Å². The molecule has 0 aliphatic carbocycles. The Morgan fingerprint density at radius 2 is 1.94 bits per heavy atom. The molecule has 18 heavy (non-hydrogen) atoms. The van der Waals surface area contributed by atoms with Crippen LogP contribution < -0.4 is 4.72 Å². The van der Waals surface area contributed by atoms with E-state index >= 15 is 0 Å². The van der Waals surface area contributed by atoms with Gasteiger partial charge in [0.1, 0.15) is 0 Å². The van der Waals surface area contributed by atoms with Crippen molar-refractivity contribution in [3.05, 3.63) is 52.8 Å². The minimum absolute atomic E-state index is 0.272. The fraction of sp³-hybridized carbons (Fsp3) is 0.0833. The smallest absolute Gasteiger partial charge is 0.262 e. The fourth-order valence-electron chi connectivity index (χ4n) is 1.52. The summed E-state index contributed by atoms with van der Waals surface area (Å²) in [4.78, 5) is 4.16. The molecule has 1 aromatic carbocycles.